The molecule has 1 atom stereocenters. The van der Waals surface area contributed by atoms with Gasteiger partial charge in [-0.25, -0.2) is 13.2 Å². The van der Waals surface area contributed by atoms with Crippen LogP contribution < -0.4 is 5.73 Å². The molecule has 100 valence electrons. The molecule has 0 fully saturated rings. The maximum absolute atomic E-state index is 13.9. The van der Waals surface area contributed by atoms with Gasteiger partial charge in [0.15, 0.2) is 11.6 Å². The Balaban J connectivity index is 2.53. The Morgan fingerprint density at radius 2 is 1.47 bits per heavy atom. The maximum Gasteiger partial charge on any atom is 0.164 e. The fraction of sp³-hybridized carbons (Fsp3) is 0.200. The number of hydrogen-bond acceptors (Lipinski definition) is 1. The number of nitrogens with two attached hydrogens (primary N) is 1. The van der Waals surface area contributed by atoms with Gasteiger partial charge in [0.25, 0.3) is 0 Å². The van der Waals surface area contributed by atoms with E-state index in [-0.39, 0.29) is 11.1 Å². The molecule has 0 aromatic heterocycles. The van der Waals surface area contributed by atoms with E-state index in [1.165, 1.54) is 31.2 Å². The van der Waals surface area contributed by atoms with E-state index in [0.29, 0.717) is 5.56 Å². The lowest BCUT2D eigenvalue weighted by atomic mass is 9.94. The van der Waals surface area contributed by atoms with Crippen molar-refractivity contribution in [3.63, 3.8) is 0 Å². The van der Waals surface area contributed by atoms with Crippen LogP contribution in [0.25, 0.3) is 0 Å². The first kappa shape index (κ1) is 13.6. The zero-order chi connectivity index (χ0) is 14.2. The van der Waals surface area contributed by atoms with Gasteiger partial charge < -0.3 is 5.73 Å². The molecule has 2 N–H and O–H groups in total. The van der Waals surface area contributed by atoms with E-state index in [2.05, 4.69) is 0 Å². The molecule has 2 rings (SSSR count). The van der Waals surface area contributed by atoms with Crippen LogP contribution >= 0.6 is 0 Å². The fourth-order valence-corrected chi connectivity index (χ4v) is 2.02. The molecule has 0 aliphatic rings. The number of hydrogen-bond donors (Lipinski definition) is 1. The number of rotatable bonds is 2. The molecule has 0 radical (unpaired) electrons. The van der Waals surface area contributed by atoms with Gasteiger partial charge in [-0.2, -0.15) is 0 Å². The summed E-state index contributed by atoms with van der Waals surface area (Å²) in [6.45, 7) is 3.22. The molecule has 2 aromatic rings. The van der Waals surface area contributed by atoms with Crippen LogP contribution in [0.2, 0.25) is 0 Å². The van der Waals surface area contributed by atoms with E-state index >= 15 is 0 Å². The van der Waals surface area contributed by atoms with Gasteiger partial charge >= 0.3 is 0 Å². The van der Waals surface area contributed by atoms with Crippen molar-refractivity contribution in [2.75, 3.05) is 0 Å². The van der Waals surface area contributed by atoms with Crippen LogP contribution in [0.15, 0.2) is 30.3 Å². The van der Waals surface area contributed by atoms with Crippen molar-refractivity contribution >= 4 is 0 Å². The van der Waals surface area contributed by atoms with Crippen molar-refractivity contribution in [1.82, 2.24) is 0 Å². The normalized spacial score (nSPS) is 12.5. The lowest BCUT2D eigenvalue weighted by Crippen LogP contribution is -2.16. The molecule has 0 saturated heterocycles. The average molecular weight is 265 g/mol. The Hall–Kier alpha value is -1.81. The quantitative estimate of drug-likeness (QED) is 0.878. The van der Waals surface area contributed by atoms with Crippen molar-refractivity contribution in [2.24, 2.45) is 5.73 Å². The van der Waals surface area contributed by atoms with Crippen LogP contribution in [-0.2, 0) is 0 Å². The summed E-state index contributed by atoms with van der Waals surface area (Å²) in [4.78, 5) is 0. The highest BCUT2D eigenvalue weighted by molar-refractivity contribution is 5.38. The van der Waals surface area contributed by atoms with Crippen molar-refractivity contribution in [2.45, 2.75) is 19.9 Å². The van der Waals surface area contributed by atoms with Crippen molar-refractivity contribution in [3.05, 3.63) is 70.0 Å². The minimum Gasteiger partial charge on any atom is -0.320 e. The van der Waals surface area contributed by atoms with Crippen LogP contribution in [-0.4, -0.2) is 0 Å². The number of aryl methyl sites for hydroxylation is 2. The second-order valence-corrected chi connectivity index (χ2v) is 4.58. The molecule has 0 amide bonds. The molecule has 0 saturated carbocycles. The van der Waals surface area contributed by atoms with E-state index in [0.717, 1.165) is 5.56 Å². The van der Waals surface area contributed by atoms with Gasteiger partial charge in [0.2, 0.25) is 0 Å². The highest BCUT2D eigenvalue weighted by Gasteiger charge is 2.19. The van der Waals surface area contributed by atoms with Gasteiger partial charge in [-0.15, -0.1) is 0 Å². The average Bonchev–Trinajstić information content (AvgIpc) is 2.38. The maximum atomic E-state index is 13.9. The third-order valence-corrected chi connectivity index (χ3v) is 3.22. The molecule has 2 aromatic carbocycles. The van der Waals surface area contributed by atoms with Crippen LogP contribution in [0.4, 0.5) is 13.2 Å². The molecule has 0 heterocycles. The Morgan fingerprint density at radius 3 is 2.16 bits per heavy atom. The van der Waals surface area contributed by atoms with Crippen molar-refractivity contribution in [1.29, 1.82) is 0 Å². The van der Waals surface area contributed by atoms with Gasteiger partial charge in [-0.1, -0.05) is 18.2 Å². The van der Waals surface area contributed by atoms with E-state index in [1.54, 1.807) is 13.0 Å². The summed E-state index contributed by atoms with van der Waals surface area (Å²) in [5.74, 6) is -2.35. The summed E-state index contributed by atoms with van der Waals surface area (Å²) in [6.07, 6.45) is 0. The van der Waals surface area contributed by atoms with Crippen LogP contribution in [0.1, 0.15) is 28.3 Å². The Bertz CT molecular complexity index is 623. The highest BCUT2D eigenvalue weighted by atomic mass is 19.2. The van der Waals surface area contributed by atoms with E-state index in [4.69, 9.17) is 5.73 Å². The van der Waals surface area contributed by atoms with Gasteiger partial charge in [-0.05, 0) is 42.7 Å². The zero-order valence-electron chi connectivity index (χ0n) is 10.7. The summed E-state index contributed by atoms with van der Waals surface area (Å²) in [5.41, 5.74) is 7.35. The zero-order valence-corrected chi connectivity index (χ0v) is 10.7. The molecular formula is C15H14F3N. The lowest BCUT2D eigenvalue weighted by Gasteiger charge is -2.17. The smallest absolute Gasteiger partial charge is 0.164 e. The van der Waals surface area contributed by atoms with Gasteiger partial charge in [-0.3, -0.25) is 0 Å². The summed E-state index contributed by atoms with van der Waals surface area (Å²) in [5, 5.41) is 0. The molecule has 19 heavy (non-hydrogen) atoms. The van der Waals surface area contributed by atoms with Gasteiger partial charge in [0.05, 0.1) is 6.04 Å². The number of halogens is 3. The van der Waals surface area contributed by atoms with E-state index in [1.807, 2.05) is 0 Å². The van der Waals surface area contributed by atoms with E-state index < -0.39 is 23.5 Å². The summed E-state index contributed by atoms with van der Waals surface area (Å²) < 4.78 is 40.7. The van der Waals surface area contributed by atoms with Crippen LogP contribution in [0, 0.1) is 31.3 Å². The standard InChI is InChI=1S/C15H14F3N/c1-8-3-5-10(16)7-12(8)15(19)11-6-4-9(2)13(17)14(11)18/h3-7,15H,19H2,1-2H3. The second kappa shape index (κ2) is 5.05. The molecule has 0 spiro atoms. The van der Waals surface area contributed by atoms with Crippen molar-refractivity contribution < 1.29 is 13.2 Å². The predicted octanol–water partition coefficient (Wildman–Crippen LogP) is 3.77. The lowest BCUT2D eigenvalue weighted by molar-refractivity contribution is 0.489. The third-order valence-electron chi connectivity index (χ3n) is 3.22. The Morgan fingerprint density at radius 1 is 0.842 bits per heavy atom. The summed E-state index contributed by atoms with van der Waals surface area (Å²) >= 11 is 0. The molecular weight excluding hydrogens is 251 g/mol. The topological polar surface area (TPSA) is 26.0 Å². The monoisotopic (exact) mass is 265 g/mol. The second-order valence-electron chi connectivity index (χ2n) is 4.58. The first-order valence-corrected chi connectivity index (χ1v) is 5.88. The Labute approximate surface area is 109 Å². The number of benzene rings is 2. The van der Waals surface area contributed by atoms with Crippen LogP contribution in [0.5, 0.6) is 0 Å². The predicted molar refractivity (Wildman–Crippen MR) is 68.3 cm³/mol. The minimum absolute atomic E-state index is 0.0248. The molecule has 0 aliphatic carbocycles. The summed E-state index contributed by atoms with van der Waals surface area (Å²) in [6, 6.07) is 6.11. The Kier molecular flexibility index (Phi) is 3.62. The molecule has 4 heteroatoms. The van der Waals surface area contributed by atoms with Gasteiger partial charge in [0, 0.05) is 5.56 Å². The SMILES string of the molecule is Cc1ccc(F)cc1C(N)c1ccc(C)c(F)c1F. The molecule has 0 bridgehead atoms. The summed E-state index contributed by atoms with van der Waals surface area (Å²) in [7, 11) is 0. The van der Waals surface area contributed by atoms with Crippen LogP contribution in [0.3, 0.4) is 0 Å². The molecule has 1 nitrogen and oxygen atoms in total. The van der Waals surface area contributed by atoms with Gasteiger partial charge in [0.1, 0.15) is 5.82 Å². The van der Waals surface area contributed by atoms with E-state index in [9.17, 15) is 13.2 Å². The minimum atomic E-state index is -0.976. The first-order valence-electron chi connectivity index (χ1n) is 5.88. The van der Waals surface area contributed by atoms with Crippen molar-refractivity contribution in [3.8, 4) is 0 Å². The molecule has 1 unspecified atom stereocenters. The fourth-order valence-electron chi connectivity index (χ4n) is 2.02. The largest absolute Gasteiger partial charge is 0.320 e. The third kappa shape index (κ3) is 2.49. The highest BCUT2D eigenvalue weighted by Crippen LogP contribution is 2.27. The first-order chi connectivity index (χ1) is 8.91. The molecule has 0 aliphatic heterocycles.